The summed E-state index contributed by atoms with van der Waals surface area (Å²) in [6, 6.07) is 7.25. The van der Waals surface area contributed by atoms with Gasteiger partial charge in [-0.25, -0.2) is 26.7 Å². The molecule has 0 radical (unpaired) electrons. The molecule has 178 valence electrons. The zero-order chi connectivity index (χ0) is 24.1. The number of aromatic nitrogens is 4. The number of benzene rings is 2. The highest BCUT2D eigenvalue weighted by Gasteiger charge is 2.34. The highest BCUT2D eigenvalue weighted by Crippen LogP contribution is 2.39. The van der Waals surface area contributed by atoms with E-state index in [2.05, 4.69) is 36.0 Å². The second kappa shape index (κ2) is 8.21. The van der Waals surface area contributed by atoms with Crippen molar-refractivity contribution in [3.63, 3.8) is 0 Å². The summed E-state index contributed by atoms with van der Waals surface area (Å²) in [5.41, 5.74) is 1.81. The lowest BCUT2D eigenvalue weighted by Gasteiger charge is -2.18. The summed E-state index contributed by atoms with van der Waals surface area (Å²) in [5, 5.41) is 24.8. The van der Waals surface area contributed by atoms with E-state index < -0.39 is 35.9 Å². The van der Waals surface area contributed by atoms with Crippen LogP contribution in [0.2, 0.25) is 0 Å². The lowest BCUT2D eigenvalue weighted by Crippen LogP contribution is -2.37. The van der Waals surface area contributed by atoms with E-state index in [9.17, 15) is 21.6 Å². The van der Waals surface area contributed by atoms with Crippen LogP contribution in [0.15, 0.2) is 40.1 Å². The Morgan fingerprint density at radius 3 is 2.59 bits per heavy atom. The molecule has 5 rings (SSSR count). The van der Waals surface area contributed by atoms with E-state index in [0.29, 0.717) is 37.2 Å². The maximum atomic E-state index is 13.2. The monoisotopic (exact) mass is 504 g/mol. The first-order chi connectivity index (χ1) is 16.1. The van der Waals surface area contributed by atoms with Gasteiger partial charge in [-0.1, -0.05) is 18.2 Å². The first kappa shape index (κ1) is 22.5. The molecule has 1 aromatic heterocycles. The van der Waals surface area contributed by atoms with Gasteiger partial charge in [0, 0.05) is 24.7 Å². The van der Waals surface area contributed by atoms with Gasteiger partial charge >= 0.3 is 0 Å². The molecule has 2 aliphatic rings. The number of tetrazole rings is 1. The normalized spacial score (nSPS) is 18.1. The molecule has 0 saturated carbocycles. The molecule has 1 amide bonds. The molecule has 34 heavy (non-hydrogen) atoms. The molecule has 0 aliphatic carbocycles. The molecule has 0 spiro atoms. The number of aromatic amines is 1. The van der Waals surface area contributed by atoms with Crippen LogP contribution in [0.25, 0.3) is 22.5 Å². The zero-order valence-corrected chi connectivity index (χ0v) is 19.2. The van der Waals surface area contributed by atoms with E-state index in [-0.39, 0.29) is 22.9 Å². The lowest BCUT2D eigenvalue weighted by atomic mass is 9.96. The van der Waals surface area contributed by atoms with Gasteiger partial charge in [0.2, 0.25) is 25.9 Å². The number of sulfonamides is 2. The van der Waals surface area contributed by atoms with E-state index in [0.717, 1.165) is 5.56 Å². The minimum atomic E-state index is -4.60. The first-order valence-corrected chi connectivity index (χ1v) is 13.3. The van der Waals surface area contributed by atoms with Crippen molar-refractivity contribution in [3.8, 4) is 22.5 Å². The number of primary sulfonamides is 1. The summed E-state index contributed by atoms with van der Waals surface area (Å²) in [7, 11) is -8.88. The van der Waals surface area contributed by atoms with Crippen molar-refractivity contribution < 1.29 is 21.6 Å². The molecule has 13 nitrogen and oxygen atoms in total. The molecule has 1 fully saturated rings. The fourth-order valence-electron chi connectivity index (χ4n) is 4.21. The van der Waals surface area contributed by atoms with Crippen molar-refractivity contribution in [2.45, 2.75) is 28.8 Å². The summed E-state index contributed by atoms with van der Waals surface area (Å²) < 4.78 is 54.6. The van der Waals surface area contributed by atoms with Gasteiger partial charge in [0.1, 0.15) is 9.79 Å². The number of H-pyrrole nitrogens is 1. The van der Waals surface area contributed by atoms with Crippen LogP contribution < -0.4 is 20.5 Å². The number of fused-ring (bicyclic) bond motifs is 1. The van der Waals surface area contributed by atoms with Crippen molar-refractivity contribution in [1.82, 2.24) is 36.0 Å². The Bertz CT molecular complexity index is 1500. The van der Waals surface area contributed by atoms with Gasteiger partial charge in [-0.15, -0.1) is 10.2 Å². The molecule has 15 heteroatoms. The summed E-state index contributed by atoms with van der Waals surface area (Å²) in [6.45, 7) is 1.43. The predicted octanol–water partition coefficient (Wildman–Crippen LogP) is -0.935. The van der Waals surface area contributed by atoms with E-state index >= 15 is 0 Å². The number of nitrogens with zero attached hydrogens (tertiary/aromatic N) is 3. The highest BCUT2D eigenvalue weighted by atomic mass is 32.2. The Kier molecular flexibility index (Phi) is 5.44. The van der Waals surface area contributed by atoms with Crippen LogP contribution in [0.4, 0.5) is 0 Å². The Hall–Kier alpha value is -3.24. The molecular formula is C19H20N8O5S2. The summed E-state index contributed by atoms with van der Waals surface area (Å²) in [4.78, 5) is 11.0. The highest BCUT2D eigenvalue weighted by molar-refractivity contribution is 7.92. The van der Waals surface area contributed by atoms with Gasteiger partial charge in [-0.05, 0) is 47.0 Å². The maximum Gasteiger partial charge on any atom is 0.251 e. The predicted molar refractivity (Wildman–Crippen MR) is 119 cm³/mol. The Labute approximate surface area is 194 Å². The third-order valence-corrected chi connectivity index (χ3v) is 8.44. The summed E-state index contributed by atoms with van der Waals surface area (Å²) in [6.07, 6.45) is 0.552. The Morgan fingerprint density at radius 2 is 1.91 bits per heavy atom. The summed E-state index contributed by atoms with van der Waals surface area (Å²) in [5.74, 6) is -0.429. The third-order valence-electron chi connectivity index (χ3n) is 5.75. The number of nitrogens with one attached hydrogen (secondary N) is 4. The van der Waals surface area contributed by atoms with Crippen LogP contribution in [0.3, 0.4) is 0 Å². The average Bonchev–Trinajstić information content (AvgIpc) is 3.55. The van der Waals surface area contributed by atoms with E-state index in [1.165, 1.54) is 12.1 Å². The van der Waals surface area contributed by atoms with Crippen LogP contribution in [0.1, 0.15) is 22.3 Å². The molecule has 6 N–H and O–H groups in total. The van der Waals surface area contributed by atoms with Crippen molar-refractivity contribution in [2.75, 3.05) is 13.1 Å². The molecule has 1 saturated heterocycles. The molecule has 3 heterocycles. The van der Waals surface area contributed by atoms with Crippen LogP contribution in [-0.2, 0) is 26.6 Å². The molecule has 3 aromatic rings. The number of carbonyl (C=O) groups is 1. The molecule has 1 atom stereocenters. The third kappa shape index (κ3) is 3.97. The molecule has 0 unspecified atom stereocenters. The average molecular weight is 505 g/mol. The van der Waals surface area contributed by atoms with Crippen molar-refractivity contribution in [1.29, 1.82) is 0 Å². The number of carbonyl (C=O) groups excluding carboxylic acids is 1. The van der Waals surface area contributed by atoms with Crippen LogP contribution >= 0.6 is 0 Å². The largest absolute Gasteiger partial charge is 0.348 e. The minimum absolute atomic E-state index is 0.137. The minimum Gasteiger partial charge on any atom is -0.348 e. The van der Waals surface area contributed by atoms with Crippen LogP contribution in [0.5, 0.6) is 0 Å². The van der Waals surface area contributed by atoms with Gasteiger partial charge in [-0.2, -0.15) is 5.21 Å². The fraction of sp³-hybridized carbons (Fsp3) is 0.263. The van der Waals surface area contributed by atoms with E-state index in [1.807, 2.05) is 0 Å². The van der Waals surface area contributed by atoms with Gasteiger partial charge < -0.3 is 10.6 Å². The van der Waals surface area contributed by atoms with E-state index in [4.69, 9.17) is 5.14 Å². The molecule has 2 aromatic carbocycles. The van der Waals surface area contributed by atoms with Gasteiger partial charge in [0.15, 0.2) is 0 Å². The fourth-order valence-corrected chi connectivity index (χ4v) is 7.08. The van der Waals surface area contributed by atoms with Crippen LogP contribution in [-0.4, -0.2) is 62.5 Å². The molecule has 2 aliphatic heterocycles. The molecule has 0 bridgehead atoms. The van der Waals surface area contributed by atoms with Crippen molar-refractivity contribution >= 4 is 26.0 Å². The number of rotatable bonds is 6. The van der Waals surface area contributed by atoms with Gasteiger partial charge in [-0.3, -0.25) is 4.79 Å². The SMILES string of the molecule is NS(=O)(=O)c1c(S(=O)(=O)N[C@@H]2CCNC2)ccc(-c2ccc3c(c2)C(=O)NC3)c1-c1nn[nH]n1. The number of nitrogens with two attached hydrogens (primary N) is 1. The topological polar surface area (TPSA) is 202 Å². The maximum absolute atomic E-state index is 13.2. The quantitative estimate of drug-likeness (QED) is 0.281. The Balaban J connectivity index is 1.77. The lowest BCUT2D eigenvalue weighted by molar-refractivity contribution is 0.0965. The number of hydrogen-bond acceptors (Lipinski definition) is 9. The van der Waals surface area contributed by atoms with Gasteiger partial charge in [0.05, 0.1) is 5.56 Å². The summed E-state index contributed by atoms with van der Waals surface area (Å²) >= 11 is 0. The second-order valence-electron chi connectivity index (χ2n) is 7.96. The van der Waals surface area contributed by atoms with Crippen LogP contribution in [0, 0.1) is 0 Å². The van der Waals surface area contributed by atoms with Gasteiger partial charge in [0.25, 0.3) is 5.91 Å². The van der Waals surface area contributed by atoms with E-state index in [1.54, 1.807) is 18.2 Å². The zero-order valence-electron chi connectivity index (χ0n) is 17.6. The number of hydrogen-bond donors (Lipinski definition) is 5. The van der Waals surface area contributed by atoms with Crippen molar-refractivity contribution in [2.24, 2.45) is 5.14 Å². The standard InChI is InChI=1S/C19H20N8O5S2/c20-33(29,30)17-15(34(31,32)25-12-5-6-21-9-12)4-3-13(16(17)18-23-26-27-24-18)10-1-2-11-8-22-19(28)14(11)7-10/h1-4,7,12,21,25H,5-6,8-9H2,(H,22,28)(H2,20,29,30)(H,23,24,26,27)/t12-/m1/s1. The van der Waals surface area contributed by atoms with Crippen molar-refractivity contribution in [3.05, 3.63) is 41.5 Å². The number of amides is 1. The molecular weight excluding hydrogens is 484 g/mol. The first-order valence-electron chi connectivity index (χ1n) is 10.2. The Morgan fingerprint density at radius 1 is 1.09 bits per heavy atom. The second-order valence-corrected chi connectivity index (χ2v) is 11.1. The smallest absolute Gasteiger partial charge is 0.251 e.